The lowest BCUT2D eigenvalue weighted by atomic mass is 10.0. The monoisotopic (exact) mass is 747 g/mol. The van der Waals surface area contributed by atoms with Crippen molar-refractivity contribution in [1.29, 1.82) is 0 Å². The van der Waals surface area contributed by atoms with Gasteiger partial charge in [-0.3, -0.25) is 9.59 Å². The molecule has 0 saturated heterocycles. The van der Waals surface area contributed by atoms with E-state index in [9.17, 15) is 14.7 Å². The van der Waals surface area contributed by atoms with Gasteiger partial charge < -0.3 is 14.6 Å². The average Bonchev–Trinajstić information content (AvgIpc) is 3.16. The first kappa shape index (κ1) is 51.4. The van der Waals surface area contributed by atoms with Crippen LogP contribution in [0.5, 0.6) is 0 Å². The Morgan fingerprint density at radius 1 is 0.434 bits per heavy atom. The zero-order valence-corrected chi connectivity index (χ0v) is 35.5. The molecule has 1 unspecified atom stereocenters. The van der Waals surface area contributed by atoms with Crippen LogP contribution in [0.4, 0.5) is 0 Å². The number of hydrogen-bond acceptors (Lipinski definition) is 5. The molecule has 0 amide bonds. The number of aliphatic hydroxyl groups is 1. The van der Waals surface area contributed by atoms with Crippen LogP contribution in [0.15, 0.2) is 24.3 Å². The molecule has 0 rings (SSSR count). The molecule has 0 aliphatic heterocycles. The van der Waals surface area contributed by atoms with Crippen LogP contribution in [-0.2, 0) is 19.1 Å². The van der Waals surface area contributed by atoms with E-state index in [-0.39, 0.29) is 25.2 Å². The quantitative estimate of drug-likeness (QED) is 0.0382. The fourth-order valence-electron chi connectivity index (χ4n) is 6.94. The first-order chi connectivity index (χ1) is 26.1. The molecule has 0 aliphatic rings. The highest BCUT2D eigenvalue weighted by Crippen LogP contribution is 2.16. The van der Waals surface area contributed by atoms with Gasteiger partial charge in [0, 0.05) is 12.8 Å². The molecule has 0 fully saturated rings. The van der Waals surface area contributed by atoms with Crippen LogP contribution in [0, 0.1) is 0 Å². The third kappa shape index (κ3) is 43.0. The van der Waals surface area contributed by atoms with E-state index in [1.807, 2.05) is 0 Å². The Morgan fingerprint density at radius 3 is 1.11 bits per heavy atom. The molecule has 5 nitrogen and oxygen atoms in total. The summed E-state index contributed by atoms with van der Waals surface area (Å²) in [4.78, 5) is 24.4. The van der Waals surface area contributed by atoms with Crippen molar-refractivity contribution in [3.8, 4) is 0 Å². The second-order valence-electron chi connectivity index (χ2n) is 15.8. The summed E-state index contributed by atoms with van der Waals surface area (Å²) in [7, 11) is 0. The summed E-state index contributed by atoms with van der Waals surface area (Å²) in [5.41, 5.74) is 0. The molecule has 0 heterocycles. The number of allylic oxidation sites excluding steroid dienone is 4. The normalized spacial score (nSPS) is 12.3. The smallest absolute Gasteiger partial charge is 0.306 e. The molecule has 312 valence electrons. The number of aliphatic hydroxyl groups excluding tert-OH is 1. The fourth-order valence-corrected chi connectivity index (χ4v) is 6.94. The number of carbonyl (C=O) groups excluding carboxylic acids is 2. The molecule has 0 bridgehead atoms. The summed E-state index contributed by atoms with van der Waals surface area (Å²) in [5, 5.41) is 9.60. The average molecular weight is 747 g/mol. The topological polar surface area (TPSA) is 72.8 Å². The maximum Gasteiger partial charge on any atom is 0.306 e. The summed E-state index contributed by atoms with van der Waals surface area (Å²) in [6, 6.07) is 0. The number of ether oxygens (including phenoxy) is 2. The van der Waals surface area contributed by atoms with Gasteiger partial charge in [0.05, 0.1) is 6.61 Å². The van der Waals surface area contributed by atoms with Crippen LogP contribution in [0.25, 0.3) is 0 Å². The minimum atomic E-state index is -0.769. The highest BCUT2D eigenvalue weighted by molar-refractivity contribution is 5.70. The summed E-state index contributed by atoms with van der Waals surface area (Å²) < 4.78 is 10.7. The Morgan fingerprint density at radius 2 is 0.755 bits per heavy atom. The summed E-state index contributed by atoms with van der Waals surface area (Å²) >= 11 is 0. The molecule has 1 atom stereocenters. The lowest BCUT2D eigenvalue weighted by molar-refractivity contribution is -0.161. The molecule has 0 radical (unpaired) electrons. The molecule has 0 aliphatic carbocycles. The third-order valence-electron chi connectivity index (χ3n) is 10.5. The molecular weight excluding hydrogens is 657 g/mol. The Balaban J connectivity index is 3.49. The summed E-state index contributed by atoms with van der Waals surface area (Å²) in [6.45, 7) is 4.16. The van der Waals surface area contributed by atoms with Crippen molar-refractivity contribution < 1.29 is 24.2 Å². The Hall–Kier alpha value is -1.62. The lowest BCUT2D eigenvalue weighted by Crippen LogP contribution is -2.28. The summed E-state index contributed by atoms with van der Waals surface area (Å²) in [5.74, 6) is -0.582. The zero-order chi connectivity index (χ0) is 38.6. The van der Waals surface area contributed by atoms with Crippen LogP contribution in [0.3, 0.4) is 0 Å². The molecule has 0 spiro atoms. The number of hydrogen-bond donors (Lipinski definition) is 1. The predicted molar refractivity (Wildman–Crippen MR) is 228 cm³/mol. The van der Waals surface area contributed by atoms with Gasteiger partial charge in [0.2, 0.25) is 0 Å². The second-order valence-corrected chi connectivity index (χ2v) is 15.8. The van der Waals surface area contributed by atoms with E-state index >= 15 is 0 Å². The first-order valence-corrected chi connectivity index (χ1v) is 23.4. The first-order valence-electron chi connectivity index (χ1n) is 23.4. The predicted octanol–water partition coefficient (Wildman–Crippen LogP) is 15.0. The zero-order valence-electron chi connectivity index (χ0n) is 35.5. The summed E-state index contributed by atoms with van der Waals surface area (Å²) in [6.07, 6.45) is 54.0. The second kappa shape index (κ2) is 44.8. The van der Waals surface area contributed by atoms with Crippen molar-refractivity contribution in [1.82, 2.24) is 0 Å². The van der Waals surface area contributed by atoms with Crippen molar-refractivity contribution >= 4 is 11.9 Å². The Labute approximate surface area is 330 Å². The Bertz CT molecular complexity index is 806. The van der Waals surface area contributed by atoms with E-state index in [1.54, 1.807) is 0 Å². The SMILES string of the molecule is CCCCCCC/C=C\C/C=C\CCCCCCCCCCCC(=O)OC(CO)COC(=O)CCCCCCCCCCCCCCCCCCCC. The van der Waals surface area contributed by atoms with E-state index in [1.165, 1.54) is 186 Å². The number of esters is 2. The van der Waals surface area contributed by atoms with E-state index in [0.717, 1.165) is 38.5 Å². The molecule has 0 aromatic carbocycles. The van der Waals surface area contributed by atoms with Crippen LogP contribution in [-0.4, -0.2) is 36.4 Å². The van der Waals surface area contributed by atoms with Gasteiger partial charge in [-0.25, -0.2) is 0 Å². The van der Waals surface area contributed by atoms with Gasteiger partial charge in [0.1, 0.15) is 6.61 Å². The van der Waals surface area contributed by atoms with Gasteiger partial charge in [0.15, 0.2) is 6.10 Å². The number of rotatable bonds is 43. The van der Waals surface area contributed by atoms with Gasteiger partial charge in [-0.1, -0.05) is 218 Å². The van der Waals surface area contributed by atoms with E-state index in [0.29, 0.717) is 12.8 Å². The maximum absolute atomic E-state index is 12.2. The fraction of sp³-hybridized carbons (Fsp3) is 0.875. The van der Waals surface area contributed by atoms with Gasteiger partial charge in [-0.15, -0.1) is 0 Å². The van der Waals surface area contributed by atoms with Crippen LogP contribution in [0.2, 0.25) is 0 Å². The van der Waals surface area contributed by atoms with E-state index in [2.05, 4.69) is 38.2 Å². The standard InChI is InChI=1S/C48H90O5/c1-3-5-7-9-11-13-15-17-19-21-23-24-25-27-29-31-33-35-37-39-41-43-48(51)53-46(44-49)45-52-47(50)42-40-38-36-34-32-30-28-26-22-20-18-16-14-12-10-8-6-4-2/h15,17,21,23,46,49H,3-14,16,18-20,22,24-45H2,1-2H3/b17-15-,23-21-. The van der Waals surface area contributed by atoms with Crippen molar-refractivity contribution in [2.75, 3.05) is 13.2 Å². The molecule has 1 N–H and O–H groups in total. The van der Waals surface area contributed by atoms with Crippen molar-refractivity contribution in [3.05, 3.63) is 24.3 Å². The van der Waals surface area contributed by atoms with Crippen molar-refractivity contribution in [2.24, 2.45) is 0 Å². The van der Waals surface area contributed by atoms with Gasteiger partial charge in [-0.2, -0.15) is 0 Å². The van der Waals surface area contributed by atoms with Crippen LogP contribution >= 0.6 is 0 Å². The van der Waals surface area contributed by atoms with Gasteiger partial charge >= 0.3 is 11.9 Å². The molecule has 5 heteroatoms. The third-order valence-corrected chi connectivity index (χ3v) is 10.5. The van der Waals surface area contributed by atoms with E-state index < -0.39 is 6.10 Å². The number of unbranched alkanes of at least 4 members (excludes halogenated alkanes) is 31. The van der Waals surface area contributed by atoms with Crippen LogP contribution < -0.4 is 0 Å². The van der Waals surface area contributed by atoms with E-state index in [4.69, 9.17) is 9.47 Å². The minimum Gasteiger partial charge on any atom is -0.462 e. The van der Waals surface area contributed by atoms with Crippen LogP contribution in [0.1, 0.15) is 251 Å². The van der Waals surface area contributed by atoms with Crippen molar-refractivity contribution in [3.63, 3.8) is 0 Å². The highest BCUT2D eigenvalue weighted by Gasteiger charge is 2.16. The van der Waals surface area contributed by atoms with Gasteiger partial charge in [0.25, 0.3) is 0 Å². The van der Waals surface area contributed by atoms with Gasteiger partial charge in [-0.05, 0) is 44.9 Å². The molecule has 0 saturated carbocycles. The Kier molecular flexibility index (Phi) is 43.4. The number of carbonyl (C=O) groups is 2. The largest absolute Gasteiger partial charge is 0.462 e. The molecule has 0 aromatic heterocycles. The molecule has 0 aromatic rings. The highest BCUT2D eigenvalue weighted by atomic mass is 16.6. The minimum absolute atomic E-state index is 0.0624. The molecular formula is C48H90O5. The molecule has 53 heavy (non-hydrogen) atoms. The maximum atomic E-state index is 12.2. The van der Waals surface area contributed by atoms with Crippen molar-refractivity contribution in [2.45, 2.75) is 258 Å². The lowest BCUT2D eigenvalue weighted by Gasteiger charge is -2.15.